The maximum absolute atomic E-state index is 12.4. The minimum Gasteiger partial charge on any atom is -0.467 e. The van der Waals surface area contributed by atoms with E-state index in [0.717, 1.165) is 11.1 Å². The minimum absolute atomic E-state index is 0.195. The highest BCUT2D eigenvalue weighted by Crippen LogP contribution is 2.26. The van der Waals surface area contributed by atoms with E-state index >= 15 is 0 Å². The van der Waals surface area contributed by atoms with Crippen molar-refractivity contribution in [3.63, 3.8) is 0 Å². The molecule has 2 aromatic carbocycles. The first-order chi connectivity index (χ1) is 12.1. The lowest BCUT2D eigenvalue weighted by Crippen LogP contribution is -2.31. The van der Waals surface area contributed by atoms with E-state index in [9.17, 15) is 4.79 Å². The Hall–Kier alpha value is -2.39. The van der Waals surface area contributed by atoms with E-state index in [1.165, 1.54) is 7.11 Å². The standard InChI is InChI=1S/C22H26O3/c1-17(2)14-15-20(19-12-8-5-9-13-19)21(22(23)24-3)25-16-18-10-6-4-7-11-18/h4-15,17,20-21H,16H2,1-3H3/b15-14+/t20-,21+/m1/s1. The van der Waals surface area contributed by atoms with Crippen LogP contribution in [0.4, 0.5) is 0 Å². The van der Waals surface area contributed by atoms with Gasteiger partial charge in [0.05, 0.1) is 13.7 Å². The van der Waals surface area contributed by atoms with Crippen LogP contribution in [0.25, 0.3) is 0 Å². The predicted molar refractivity (Wildman–Crippen MR) is 100 cm³/mol. The van der Waals surface area contributed by atoms with Crippen molar-refractivity contribution in [3.8, 4) is 0 Å². The molecule has 2 atom stereocenters. The quantitative estimate of drug-likeness (QED) is 0.515. The third-order valence-electron chi connectivity index (χ3n) is 3.92. The van der Waals surface area contributed by atoms with Gasteiger partial charge in [0.2, 0.25) is 0 Å². The van der Waals surface area contributed by atoms with Gasteiger partial charge in [-0.25, -0.2) is 4.79 Å². The molecule has 132 valence electrons. The van der Waals surface area contributed by atoms with Crippen LogP contribution in [-0.2, 0) is 20.9 Å². The smallest absolute Gasteiger partial charge is 0.335 e. The van der Waals surface area contributed by atoms with Crippen LogP contribution in [0.1, 0.15) is 30.9 Å². The fourth-order valence-corrected chi connectivity index (χ4v) is 2.60. The molecule has 3 nitrogen and oxygen atoms in total. The van der Waals surface area contributed by atoms with Crippen molar-refractivity contribution in [2.75, 3.05) is 7.11 Å². The SMILES string of the molecule is COC(=O)[C@@H](OCc1ccccc1)[C@H](/C=C/C(C)C)c1ccccc1. The Bertz CT molecular complexity index is 662. The average molecular weight is 338 g/mol. The molecule has 2 rings (SSSR count). The van der Waals surface area contributed by atoms with E-state index < -0.39 is 6.10 Å². The molecule has 0 spiro atoms. The highest BCUT2D eigenvalue weighted by Gasteiger charge is 2.29. The molecule has 2 aromatic rings. The van der Waals surface area contributed by atoms with Gasteiger partial charge in [0.1, 0.15) is 0 Å². The molecule has 0 heterocycles. The van der Waals surface area contributed by atoms with Crippen LogP contribution in [0.3, 0.4) is 0 Å². The zero-order valence-electron chi connectivity index (χ0n) is 15.1. The average Bonchev–Trinajstić information content (AvgIpc) is 2.65. The maximum atomic E-state index is 12.4. The summed E-state index contributed by atoms with van der Waals surface area (Å²) in [7, 11) is 1.40. The van der Waals surface area contributed by atoms with Gasteiger partial charge in [-0.15, -0.1) is 0 Å². The van der Waals surface area contributed by atoms with E-state index in [4.69, 9.17) is 9.47 Å². The number of esters is 1. The van der Waals surface area contributed by atoms with Gasteiger partial charge in [-0.1, -0.05) is 86.7 Å². The second-order valence-electron chi connectivity index (χ2n) is 6.31. The first-order valence-electron chi connectivity index (χ1n) is 8.58. The first-order valence-corrected chi connectivity index (χ1v) is 8.58. The number of ether oxygens (including phenoxy) is 2. The molecule has 0 bridgehead atoms. The van der Waals surface area contributed by atoms with Gasteiger partial charge >= 0.3 is 5.97 Å². The van der Waals surface area contributed by atoms with E-state index in [1.54, 1.807) is 0 Å². The fraction of sp³-hybridized carbons (Fsp3) is 0.318. The lowest BCUT2D eigenvalue weighted by molar-refractivity contribution is -0.155. The molecule has 25 heavy (non-hydrogen) atoms. The number of benzene rings is 2. The van der Waals surface area contributed by atoms with Crippen molar-refractivity contribution in [1.29, 1.82) is 0 Å². The van der Waals surface area contributed by atoms with Gasteiger partial charge < -0.3 is 9.47 Å². The molecule has 0 saturated heterocycles. The normalized spacial score (nSPS) is 13.8. The van der Waals surface area contributed by atoms with Gasteiger partial charge in [0, 0.05) is 5.92 Å². The molecular weight excluding hydrogens is 312 g/mol. The summed E-state index contributed by atoms with van der Waals surface area (Å²) in [6.45, 7) is 4.58. The topological polar surface area (TPSA) is 35.5 Å². The van der Waals surface area contributed by atoms with E-state index in [2.05, 4.69) is 19.9 Å². The molecule has 0 amide bonds. The minimum atomic E-state index is -0.692. The van der Waals surface area contributed by atoms with Crippen LogP contribution in [0.5, 0.6) is 0 Å². The number of hydrogen-bond donors (Lipinski definition) is 0. The molecule has 0 unspecified atom stereocenters. The van der Waals surface area contributed by atoms with E-state index in [1.807, 2.05) is 66.7 Å². The van der Waals surface area contributed by atoms with Crippen molar-refractivity contribution in [1.82, 2.24) is 0 Å². The Morgan fingerprint density at radius 2 is 1.56 bits per heavy atom. The van der Waals surface area contributed by atoms with Gasteiger partial charge in [-0.3, -0.25) is 0 Å². The summed E-state index contributed by atoms with van der Waals surface area (Å²) in [6.07, 6.45) is 3.45. The zero-order chi connectivity index (χ0) is 18.1. The number of hydrogen-bond acceptors (Lipinski definition) is 3. The second-order valence-corrected chi connectivity index (χ2v) is 6.31. The van der Waals surface area contributed by atoms with Crippen molar-refractivity contribution in [2.24, 2.45) is 5.92 Å². The van der Waals surface area contributed by atoms with Gasteiger partial charge in [0.15, 0.2) is 6.10 Å². The van der Waals surface area contributed by atoms with Gasteiger partial charge in [-0.05, 0) is 17.0 Å². The number of carbonyl (C=O) groups is 1. The molecule has 0 saturated carbocycles. The first kappa shape index (κ1) is 18.9. The maximum Gasteiger partial charge on any atom is 0.335 e. The lowest BCUT2D eigenvalue weighted by atomic mass is 9.91. The zero-order valence-corrected chi connectivity index (χ0v) is 15.1. The number of rotatable bonds is 8. The highest BCUT2D eigenvalue weighted by atomic mass is 16.6. The molecule has 0 aliphatic heterocycles. The van der Waals surface area contributed by atoms with Crippen LogP contribution in [0.2, 0.25) is 0 Å². The summed E-state index contributed by atoms with van der Waals surface area (Å²) < 4.78 is 11.0. The number of allylic oxidation sites excluding steroid dienone is 1. The van der Waals surface area contributed by atoms with Crippen LogP contribution in [0.15, 0.2) is 72.8 Å². The molecular formula is C22H26O3. The molecule has 0 aliphatic rings. The molecule has 0 N–H and O–H groups in total. The van der Waals surface area contributed by atoms with E-state index in [-0.39, 0.29) is 11.9 Å². The Morgan fingerprint density at radius 3 is 2.12 bits per heavy atom. The summed E-state index contributed by atoms with van der Waals surface area (Å²) >= 11 is 0. The Kier molecular flexibility index (Phi) is 7.42. The third-order valence-corrected chi connectivity index (χ3v) is 3.92. The highest BCUT2D eigenvalue weighted by molar-refractivity contribution is 5.76. The van der Waals surface area contributed by atoms with Crippen molar-refractivity contribution < 1.29 is 14.3 Å². The van der Waals surface area contributed by atoms with Crippen molar-refractivity contribution >= 4 is 5.97 Å². The van der Waals surface area contributed by atoms with Crippen LogP contribution >= 0.6 is 0 Å². The summed E-state index contributed by atoms with van der Waals surface area (Å²) in [5.41, 5.74) is 2.05. The Labute approximate surface area is 150 Å². The lowest BCUT2D eigenvalue weighted by Gasteiger charge is -2.24. The largest absolute Gasteiger partial charge is 0.467 e. The van der Waals surface area contributed by atoms with Crippen molar-refractivity contribution in [3.05, 3.63) is 83.9 Å². The monoisotopic (exact) mass is 338 g/mol. The molecule has 3 heteroatoms. The van der Waals surface area contributed by atoms with Crippen LogP contribution in [0, 0.1) is 5.92 Å². The van der Waals surface area contributed by atoms with Gasteiger partial charge in [0.25, 0.3) is 0 Å². The van der Waals surface area contributed by atoms with Crippen LogP contribution < -0.4 is 0 Å². The summed E-state index contributed by atoms with van der Waals surface area (Å²) in [4.78, 5) is 12.4. The van der Waals surface area contributed by atoms with Gasteiger partial charge in [-0.2, -0.15) is 0 Å². The summed E-state index contributed by atoms with van der Waals surface area (Å²) in [6, 6.07) is 19.8. The predicted octanol–water partition coefficient (Wildman–Crippen LogP) is 4.74. The van der Waals surface area contributed by atoms with Crippen molar-refractivity contribution in [2.45, 2.75) is 32.5 Å². The molecule has 0 aliphatic carbocycles. The molecule has 0 radical (unpaired) electrons. The number of methoxy groups -OCH3 is 1. The third kappa shape index (κ3) is 5.87. The Morgan fingerprint density at radius 1 is 0.960 bits per heavy atom. The van der Waals surface area contributed by atoms with E-state index in [0.29, 0.717) is 12.5 Å². The number of carbonyl (C=O) groups excluding carboxylic acids is 1. The fourth-order valence-electron chi connectivity index (χ4n) is 2.60. The summed E-state index contributed by atoms with van der Waals surface area (Å²) in [5, 5.41) is 0. The van der Waals surface area contributed by atoms with Crippen LogP contribution in [-0.4, -0.2) is 19.2 Å². The Balaban J connectivity index is 2.27. The molecule has 0 aromatic heterocycles. The second kappa shape index (κ2) is 9.80. The summed E-state index contributed by atoms with van der Waals surface area (Å²) in [5.74, 6) is -0.170. The molecule has 0 fully saturated rings.